The van der Waals surface area contributed by atoms with Crippen LogP contribution in [0.2, 0.25) is 0 Å². The van der Waals surface area contributed by atoms with E-state index in [1.54, 1.807) is 47.9 Å². The summed E-state index contributed by atoms with van der Waals surface area (Å²) < 4.78 is 0. The third-order valence-electron chi connectivity index (χ3n) is 4.46. The molecule has 7 heteroatoms. The predicted octanol–water partition coefficient (Wildman–Crippen LogP) is 2.20. The van der Waals surface area contributed by atoms with Crippen molar-refractivity contribution < 1.29 is 4.79 Å². The minimum absolute atomic E-state index is 0.102. The van der Waals surface area contributed by atoms with Crippen LogP contribution in [0.5, 0.6) is 0 Å². The maximum atomic E-state index is 12.8. The molecule has 1 amide bonds. The van der Waals surface area contributed by atoms with Crippen LogP contribution in [0.3, 0.4) is 0 Å². The van der Waals surface area contributed by atoms with Crippen molar-refractivity contribution in [2.24, 2.45) is 0 Å². The Bertz CT molecular complexity index is 972. The van der Waals surface area contributed by atoms with Gasteiger partial charge in [-0.05, 0) is 37.1 Å². The van der Waals surface area contributed by atoms with Gasteiger partial charge in [-0.3, -0.25) is 19.6 Å². The van der Waals surface area contributed by atoms with Gasteiger partial charge in [0.25, 0.3) is 11.5 Å². The van der Waals surface area contributed by atoms with E-state index in [0.29, 0.717) is 23.6 Å². The van der Waals surface area contributed by atoms with Crippen molar-refractivity contribution >= 4 is 5.91 Å². The number of hydrogen-bond acceptors (Lipinski definition) is 5. The molecule has 130 valence electrons. The standard InChI is InChI=1S/C19H17N5O2/c25-17-10-15(13-4-1-7-20-11-13)22-18(23-17)16-6-3-9-24(16)19(26)14-5-2-8-21-12-14/h1-2,4-5,7-8,10-12,16H,3,6,9H2,(H,22,23,25)/t16-/m0/s1. The second kappa shape index (κ2) is 6.87. The fourth-order valence-electron chi connectivity index (χ4n) is 3.25. The van der Waals surface area contributed by atoms with E-state index >= 15 is 0 Å². The van der Waals surface area contributed by atoms with Crippen molar-refractivity contribution in [1.29, 1.82) is 0 Å². The third kappa shape index (κ3) is 3.11. The Labute approximate surface area is 149 Å². The van der Waals surface area contributed by atoms with Crippen LogP contribution in [0, 0.1) is 0 Å². The Hall–Kier alpha value is -3.35. The third-order valence-corrected chi connectivity index (χ3v) is 4.46. The number of likely N-dealkylation sites (tertiary alicyclic amines) is 1. The highest BCUT2D eigenvalue weighted by Gasteiger charge is 2.32. The summed E-state index contributed by atoms with van der Waals surface area (Å²) in [5.74, 6) is 0.404. The highest BCUT2D eigenvalue weighted by atomic mass is 16.2. The van der Waals surface area contributed by atoms with Crippen molar-refractivity contribution in [2.45, 2.75) is 18.9 Å². The first-order chi connectivity index (χ1) is 12.7. The zero-order valence-electron chi connectivity index (χ0n) is 14.0. The van der Waals surface area contributed by atoms with Crippen LogP contribution in [0.25, 0.3) is 11.3 Å². The molecule has 1 N–H and O–H groups in total. The minimum Gasteiger partial charge on any atom is -0.328 e. The molecular formula is C19H17N5O2. The number of carbonyl (C=O) groups excluding carboxylic acids is 1. The first kappa shape index (κ1) is 16.1. The van der Waals surface area contributed by atoms with Gasteiger partial charge in [-0.1, -0.05) is 0 Å². The number of rotatable bonds is 3. The van der Waals surface area contributed by atoms with E-state index in [1.807, 2.05) is 6.07 Å². The van der Waals surface area contributed by atoms with Gasteiger partial charge < -0.3 is 9.88 Å². The summed E-state index contributed by atoms with van der Waals surface area (Å²) in [5, 5.41) is 0. The van der Waals surface area contributed by atoms with Crippen molar-refractivity contribution in [3.63, 3.8) is 0 Å². The van der Waals surface area contributed by atoms with Crippen LogP contribution in [0.15, 0.2) is 59.9 Å². The SMILES string of the molecule is O=C(c1cccnc1)N1CCC[C@H]1c1nc(-c2cccnc2)cc(=O)[nH]1. The van der Waals surface area contributed by atoms with Crippen LogP contribution in [-0.4, -0.2) is 37.3 Å². The number of amides is 1. The molecule has 4 rings (SSSR count). The quantitative estimate of drug-likeness (QED) is 0.784. The molecule has 1 fully saturated rings. The van der Waals surface area contributed by atoms with Crippen LogP contribution in [0.1, 0.15) is 35.1 Å². The lowest BCUT2D eigenvalue weighted by Crippen LogP contribution is -2.32. The smallest absolute Gasteiger partial charge is 0.256 e. The van der Waals surface area contributed by atoms with Crippen LogP contribution in [0.4, 0.5) is 0 Å². The van der Waals surface area contributed by atoms with Crippen molar-refractivity contribution in [1.82, 2.24) is 24.8 Å². The fraction of sp³-hybridized carbons (Fsp3) is 0.211. The van der Waals surface area contributed by atoms with Crippen molar-refractivity contribution in [3.05, 3.63) is 76.9 Å². The lowest BCUT2D eigenvalue weighted by molar-refractivity contribution is 0.0729. The maximum absolute atomic E-state index is 12.8. The molecule has 1 atom stereocenters. The summed E-state index contributed by atoms with van der Waals surface area (Å²) in [4.78, 5) is 42.2. The second-order valence-corrected chi connectivity index (χ2v) is 6.16. The average molecular weight is 347 g/mol. The number of hydrogen-bond donors (Lipinski definition) is 1. The van der Waals surface area contributed by atoms with Gasteiger partial charge in [0.05, 0.1) is 17.3 Å². The van der Waals surface area contributed by atoms with E-state index in [0.717, 1.165) is 18.4 Å². The van der Waals surface area contributed by atoms with E-state index in [1.165, 1.54) is 6.07 Å². The molecule has 0 aliphatic carbocycles. The number of nitrogens with zero attached hydrogens (tertiary/aromatic N) is 4. The number of carbonyl (C=O) groups is 1. The van der Waals surface area contributed by atoms with Crippen LogP contribution < -0.4 is 5.56 Å². The monoisotopic (exact) mass is 347 g/mol. The molecule has 4 heterocycles. The summed E-state index contributed by atoms with van der Waals surface area (Å²) in [6, 6.07) is 8.32. The largest absolute Gasteiger partial charge is 0.328 e. The lowest BCUT2D eigenvalue weighted by Gasteiger charge is -2.24. The first-order valence-corrected chi connectivity index (χ1v) is 8.45. The Morgan fingerprint density at radius 3 is 2.69 bits per heavy atom. The van der Waals surface area contributed by atoms with Crippen molar-refractivity contribution in [3.8, 4) is 11.3 Å². The van der Waals surface area contributed by atoms with Gasteiger partial charge in [-0.2, -0.15) is 0 Å². The summed E-state index contributed by atoms with van der Waals surface area (Å²) >= 11 is 0. The molecule has 26 heavy (non-hydrogen) atoms. The molecule has 3 aromatic rings. The Kier molecular flexibility index (Phi) is 4.27. The normalized spacial score (nSPS) is 16.6. The number of aromatic amines is 1. The molecule has 7 nitrogen and oxygen atoms in total. The number of aromatic nitrogens is 4. The Balaban J connectivity index is 1.69. The molecular weight excluding hydrogens is 330 g/mol. The van der Waals surface area contributed by atoms with Gasteiger partial charge in [0.15, 0.2) is 0 Å². The second-order valence-electron chi connectivity index (χ2n) is 6.16. The van der Waals surface area contributed by atoms with E-state index in [-0.39, 0.29) is 17.5 Å². The Morgan fingerprint density at radius 2 is 1.96 bits per heavy atom. The zero-order chi connectivity index (χ0) is 17.9. The van der Waals surface area contributed by atoms with E-state index < -0.39 is 0 Å². The molecule has 0 unspecified atom stereocenters. The van der Waals surface area contributed by atoms with Gasteiger partial charge in [0, 0.05) is 43.0 Å². The summed E-state index contributed by atoms with van der Waals surface area (Å²) in [6.45, 7) is 0.624. The molecule has 0 spiro atoms. The summed E-state index contributed by atoms with van der Waals surface area (Å²) in [7, 11) is 0. The van der Waals surface area contributed by atoms with E-state index in [2.05, 4.69) is 19.9 Å². The van der Waals surface area contributed by atoms with Gasteiger partial charge in [0.2, 0.25) is 0 Å². The highest BCUT2D eigenvalue weighted by Crippen LogP contribution is 2.31. The minimum atomic E-state index is -0.257. The molecule has 3 aromatic heterocycles. The van der Waals surface area contributed by atoms with Crippen LogP contribution >= 0.6 is 0 Å². The number of pyridine rings is 2. The predicted molar refractivity (Wildman–Crippen MR) is 95.3 cm³/mol. The number of H-pyrrole nitrogens is 1. The van der Waals surface area contributed by atoms with Crippen LogP contribution in [-0.2, 0) is 0 Å². The van der Waals surface area contributed by atoms with E-state index in [9.17, 15) is 9.59 Å². The van der Waals surface area contributed by atoms with Gasteiger partial charge in [-0.15, -0.1) is 0 Å². The maximum Gasteiger partial charge on any atom is 0.256 e. The molecule has 0 bridgehead atoms. The molecule has 1 aliphatic rings. The van der Waals surface area contributed by atoms with Gasteiger partial charge >= 0.3 is 0 Å². The fourth-order valence-corrected chi connectivity index (χ4v) is 3.25. The van der Waals surface area contributed by atoms with Gasteiger partial charge in [-0.25, -0.2) is 4.98 Å². The number of nitrogens with one attached hydrogen (secondary N) is 1. The lowest BCUT2D eigenvalue weighted by atomic mass is 10.1. The average Bonchev–Trinajstić information content (AvgIpc) is 3.18. The molecule has 0 aromatic carbocycles. The molecule has 0 radical (unpaired) electrons. The van der Waals surface area contributed by atoms with Crippen molar-refractivity contribution in [2.75, 3.05) is 6.54 Å². The molecule has 1 aliphatic heterocycles. The topological polar surface area (TPSA) is 91.8 Å². The molecule has 1 saturated heterocycles. The van der Waals surface area contributed by atoms with Gasteiger partial charge in [0.1, 0.15) is 5.82 Å². The Morgan fingerprint density at radius 1 is 1.15 bits per heavy atom. The zero-order valence-corrected chi connectivity index (χ0v) is 14.0. The van der Waals surface area contributed by atoms with E-state index in [4.69, 9.17) is 0 Å². The first-order valence-electron chi connectivity index (χ1n) is 8.45. The summed E-state index contributed by atoms with van der Waals surface area (Å²) in [6.07, 6.45) is 8.14. The molecule has 0 saturated carbocycles. The summed E-state index contributed by atoms with van der Waals surface area (Å²) in [5.41, 5.74) is 1.61. The highest BCUT2D eigenvalue weighted by molar-refractivity contribution is 5.94.